The Kier molecular flexibility index (Phi) is 5.61. The Morgan fingerprint density at radius 3 is 2.38 bits per heavy atom. The van der Waals surface area contributed by atoms with Gasteiger partial charge in [-0.1, -0.05) is 13.8 Å². The van der Waals surface area contributed by atoms with Crippen molar-refractivity contribution in [3.63, 3.8) is 0 Å². The van der Waals surface area contributed by atoms with Gasteiger partial charge in [-0.05, 0) is 18.2 Å². The van der Waals surface area contributed by atoms with Crippen LogP contribution >= 0.6 is 0 Å². The number of carbonyl (C=O) groups is 1. The number of hydrogen-bond acceptors (Lipinski definition) is 4. The number of hydrogen-bond donors (Lipinski definition) is 1. The van der Waals surface area contributed by atoms with Gasteiger partial charge in [0.1, 0.15) is 0 Å². The highest BCUT2D eigenvalue weighted by Gasteiger charge is 2.38. The molecule has 1 aromatic carbocycles. The van der Waals surface area contributed by atoms with Crippen molar-refractivity contribution in [2.45, 2.75) is 37.9 Å². The van der Waals surface area contributed by atoms with Crippen LogP contribution in [0, 0.1) is 0 Å². The molecule has 1 heterocycles. The van der Waals surface area contributed by atoms with Crippen molar-refractivity contribution in [1.82, 2.24) is 13.9 Å². The molecule has 0 radical (unpaired) electrons. The Morgan fingerprint density at radius 2 is 1.88 bits per heavy atom. The van der Waals surface area contributed by atoms with Crippen LogP contribution < -0.4 is 0 Å². The van der Waals surface area contributed by atoms with Gasteiger partial charge in [-0.3, -0.25) is 4.79 Å². The molecule has 0 bridgehead atoms. The molecular weight excluding hydrogens is 375 g/mol. The van der Waals surface area contributed by atoms with E-state index in [1.165, 1.54) is 16.4 Å². The van der Waals surface area contributed by atoms with Crippen molar-refractivity contribution in [3.8, 4) is 0 Å². The Labute approximate surface area is 148 Å². The SMILES string of the molecule is CCN(CC)S(=O)(=O)c1ccc2c(c1)nc(C(F)(F)F)n2CCC(=O)O. The molecule has 2 aromatic rings. The molecule has 0 saturated carbocycles. The van der Waals surface area contributed by atoms with Crippen LogP contribution in [0.2, 0.25) is 0 Å². The molecule has 1 N–H and O–H groups in total. The summed E-state index contributed by atoms with van der Waals surface area (Å²) in [7, 11) is -3.85. The van der Waals surface area contributed by atoms with Crippen LogP contribution in [0.5, 0.6) is 0 Å². The Morgan fingerprint density at radius 1 is 1.27 bits per heavy atom. The number of halogens is 3. The molecule has 0 aliphatic carbocycles. The lowest BCUT2D eigenvalue weighted by molar-refractivity contribution is -0.148. The zero-order chi connectivity index (χ0) is 19.7. The number of carboxylic acid groups (broad SMARTS) is 1. The number of sulfonamides is 1. The number of aromatic nitrogens is 2. The number of carboxylic acids is 1. The lowest BCUT2D eigenvalue weighted by Crippen LogP contribution is -2.30. The molecule has 0 amide bonds. The molecule has 0 unspecified atom stereocenters. The number of aryl methyl sites for hydroxylation is 1. The quantitative estimate of drug-likeness (QED) is 0.781. The number of nitrogens with zero attached hydrogens (tertiary/aromatic N) is 3. The van der Waals surface area contributed by atoms with E-state index in [0.717, 1.165) is 10.6 Å². The van der Waals surface area contributed by atoms with Crippen molar-refractivity contribution >= 4 is 27.0 Å². The molecule has 2 rings (SSSR count). The summed E-state index contributed by atoms with van der Waals surface area (Å²) >= 11 is 0. The van der Waals surface area contributed by atoms with E-state index in [-0.39, 0.29) is 29.0 Å². The van der Waals surface area contributed by atoms with Gasteiger partial charge in [-0.25, -0.2) is 13.4 Å². The van der Waals surface area contributed by atoms with Crippen LogP contribution in [-0.4, -0.2) is 46.4 Å². The van der Waals surface area contributed by atoms with E-state index in [1.54, 1.807) is 13.8 Å². The highest BCUT2D eigenvalue weighted by Crippen LogP contribution is 2.32. The molecule has 1 aromatic heterocycles. The maximum Gasteiger partial charge on any atom is 0.449 e. The zero-order valence-corrected chi connectivity index (χ0v) is 14.9. The van der Waals surface area contributed by atoms with Gasteiger partial charge in [0.25, 0.3) is 0 Å². The second kappa shape index (κ2) is 7.23. The Hall–Kier alpha value is -2.14. The molecule has 7 nitrogen and oxygen atoms in total. The average molecular weight is 393 g/mol. The average Bonchev–Trinajstić information content (AvgIpc) is 2.91. The fraction of sp³-hybridized carbons (Fsp3) is 0.467. The first-order valence-corrected chi connectivity index (χ1v) is 9.25. The summed E-state index contributed by atoms with van der Waals surface area (Å²) in [5.41, 5.74) is -0.131. The summed E-state index contributed by atoms with van der Waals surface area (Å²) in [5.74, 6) is -2.51. The van der Waals surface area contributed by atoms with E-state index < -0.39 is 41.0 Å². The van der Waals surface area contributed by atoms with Crippen molar-refractivity contribution in [2.75, 3.05) is 13.1 Å². The number of imidazole rings is 1. The topological polar surface area (TPSA) is 92.5 Å². The van der Waals surface area contributed by atoms with Crippen LogP contribution in [-0.2, 0) is 27.5 Å². The smallest absolute Gasteiger partial charge is 0.449 e. The minimum absolute atomic E-state index is 0.0251. The number of aliphatic carboxylic acids is 1. The van der Waals surface area contributed by atoms with Gasteiger partial charge in [-0.2, -0.15) is 17.5 Å². The molecule has 0 aliphatic heterocycles. The minimum atomic E-state index is -4.80. The monoisotopic (exact) mass is 393 g/mol. The van der Waals surface area contributed by atoms with Crippen LogP contribution in [0.3, 0.4) is 0 Å². The summed E-state index contributed by atoms with van der Waals surface area (Å²) in [5, 5.41) is 8.74. The third-order valence-corrected chi connectivity index (χ3v) is 5.91. The maximum absolute atomic E-state index is 13.2. The second-order valence-electron chi connectivity index (χ2n) is 5.47. The first-order chi connectivity index (χ1) is 12.0. The fourth-order valence-corrected chi connectivity index (χ4v) is 4.11. The van der Waals surface area contributed by atoms with Gasteiger partial charge in [0.2, 0.25) is 15.8 Å². The lowest BCUT2D eigenvalue weighted by atomic mass is 10.3. The summed E-state index contributed by atoms with van der Waals surface area (Å²) in [4.78, 5) is 14.1. The number of rotatable bonds is 7. The summed E-state index contributed by atoms with van der Waals surface area (Å²) < 4.78 is 66.7. The first kappa shape index (κ1) is 20.2. The second-order valence-corrected chi connectivity index (χ2v) is 7.41. The van der Waals surface area contributed by atoms with Crippen LogP contribution in [0.1, 0.15) is 26.1 Å². The Balaban J connectivity index is 2.62. The standard InChI is InChI=1S/C15H18F3N3O4S/c1-3-20(4-2)26(24,25)10-5-6-12-11(9-10)19-14(15(16,17)18)21(12)8-7-13(22)23/h5-6,9H,3-4,7-8H2,1-2H3,(H,22,23). The minimum Gasteiger partial charge on any atom is -0.481 e. The predicted octanol–water partition coefficient (Wildman–Crippen LogP) is 2.56. The third-order valence-electron chi connectivity index (χ3n) is 3.87. The van der Waals surface area contributed by atoms with Crippen molar-refractivity contribution < 1.29 is 31.5 Å². The molecule has 11 heteroatoms. The van der Waals surface area contributed by atoms with E-state index in [0.29, 0.717) is 0 Å². The van der Waals surface area contributed by atoms with Crippen molar-refractivity contribution in [1.29, 1.82) is 0 Å². The lowest BCUT2D eigenvalue weighted by Gasteiger charge is -2.18. The zero-order valence-electron chi connectivity index (χ0n) is 14.1. The summed E-state index contributed by atoms with van der Waals surface area (Å²) in [6.07, 6.45) is -5.32. The maximum atomic E-state index is 13.2. The molecular formula is C15H18F3N3O4S. The molecule has 26 heavy (non-hydrogen) atoms. The fourth-order valence-electron chi connectivity index (χ4n) is 2.63. The first-order valence-electron chi connectivity index (χ1n) is 7.81. The van der Waals surface area contributed by atoms with Gasteiger partial charge in [0.15, 0.2) is 0 Å². The van der Waals surface area contributed by atoms with Crippen molar-refractivity contribution in [2.24, 2.45) is 0 Å². The number of benzene rings is 1. The predicted molar refractivity (Wildman–Crippen MR) is 87.1 cm³/mol. The summed E-state index contributed by atoms with van der Waals surface area (Å²) in [6, 6.07) is 3.50. The van der Waals surface area contributed by atoms with Gasteiger partial charge in [0, 0.05) is 19.6 Å². The normalized spacial score (nSPS) is 12.8. The molecule has 0 spiro atoms. The van der Waals surface area contributed by atoms with Crippen LogP contribution in [0.25, 0.3) is 11.0 Å². The van der Waals surface area contributed by atoms with Crippen LogP contribution in [0.15, 0.2) is 23.1 Å². The molecule has 0 saturated heterocycles. The van der Waals surface area contributed by atoms with Crippen molar-refractivity contribution in [3.05, 3.63) is 24.0 Å². The van der Waals surface area contributed by atoms with Gasteiger partial charge in [0.05, 0.1) is 22.3 Å². The van der Waals surface area contributed by atoms with E-state index in [9.17, 15) is 26.4 Å². The van der Waals surface area contributed by atoms with Gasteiger partial charge >= 0.3 is 12.1 Å². The molecule has 0 aliphatic rings. The largest absolute Gasteiger partial charge is 0.481 e. The third kappa shape index (κ3) is 3.83. The molecule has 0 atom stereocenters. The van der Waals surface area contributed by atoms with Crippen LogP contribution in [0.4, 0.5) is 13.2 Å². The van der Waals surface area contributed by atoms with E-state index >= 15 is 0 Å². The van der Waals surface area contributed by atoms with Gasteiger partial charge < -0.3 is 9.67 Å². The Bertz CT molecular complexity index is 918. The summed E-state index contributed by atoms with van der Waals surface area (Å²) in [6.45, 7) is 3.32. The highest BCUT2D eigenvalue weighted by atomic mass is 32.2. The van der Waals surface area contributed by atoms with E-state index in [1.807, 2.05) is 0 Å². The molecule has 0 fully saturated rings. The number of fused-ring (bicyclic) bond motifs is 1. The van der Waals surface area contributed by atoms with E-state index in [2.05, 4.69) is 4.98 Å². The number of alkyl halides is 3. The van der Waals surface area contributed by atoms with E-state index in [4.69, 9.17) is 5.11 Å². The highest BCUT2D eigenvalue weighted by molar-refractivity contribution is 7.89. The molecule has 144 valence electrons. The van der Waals surface area contributed by atoms with Gasteiger partial charge in [-0.15, -0.1) is 0 Å².